The Hall–Kier alpha value is -2.62. The summed E-state index contributed by atoms with van der Waals surface area (Å²) < 4.78 is 60.4. The van der Waals surface area contributed by atoms with E-state index in [9.17, 15) is 27.2 Å². The SMILES string of the molecule is O=C(COC(=O)COc1ccc(F)cc1Br)Nc1ccc(C(F)(F)F)cc1. The molecule has 0 bridgehead atoms. The van der Waals surface area contributed by atoms with Crippen molar-refractivity contribution in [2.75, 3.05) is 18.5 Å². The topological polar surface area (TPSA) is 64.6 Å². The highest BCUT2D eigenvalue weighted by atomic mass is 79.9. The van der Waals surface area contributed by atoms with Crippen LogP contribution in [-0.2, 0) is 20.5 Å². The van der Waals surface area contributed by atoms with Gasteiger partial charge in [-0.05, 0) is 58.4 Å². The van der Waals surface area contributed by atoms with Crippen molar-refractivity contribution < 1.29 is 36.6 Å². The molecule has 0 saturated carbocycles. The Balaban J connectivity index is 1.77. The van der Waals surface area contributed by atoms with Crippen LogP contribution in [0.5, 0.6) is 5.75 Å². The lowest BCUT2D eigenvalue weighted by atomic mass is 10.2. The number of carbonyl (C=O) groups is 2. The average molecular weight is 450 g/mol. The van der Waals surface area contributed by atoms with Gasteiger partial charge < -0.3 is 14.8 Å². The van der Waals surface area contributed by atoms with Gasteiger partial charge in [0.25, 0.3) is 5.91 Å². The van der Waals surface area contributed by atoms with Gasteiger partial charge in [-0.1, -0.05) is 0 Å². The Labute approximate surface area is 159 Å². The normalized spacial score (nSPS) is 11.0. The minimum Gasteiger partial charge on any atom is -0.481 e. The van der Waals surface area contributed by atoms with E-state index in [0.29, 0.717) is 4.47 Å². The summed E-state index contributed by atoms with van der Waals surface area (Å²) >= 11 is 3.06. The predicted octanol–water partition coefficient (Wildman–Crippen LogP) is 4.17. The molecule has 0 atom stereocenters. The van der Waals surface area contributed by atoms with Crippen molar-refractivity contribution in [3.05, 3.63) is 58.3 Å². The largest absolute Gasteiger partial charge is 0.481 e. The van der Waals surface area contributed by atoms with Gasteiger partial charge >= 0.3 is 12.1 Å². The van der Waals surface area contributed by atoms with Crippen molar-refractivity contribution in [2.24, 2.45) is 0 Å². The molecule has 0 aliphatic heterocycles. The van der Waals surface area contributed by atoms with E-state index in [1.54, 1.807) is 0 Å². The Bertz CT molecular complexity index is 825. The standard InChI is InChI=1S/C17H12BrF4NO4/c18-13-7-11(19)3-6-14(13)26-9-16(25)27-8-15(24)23-12-4-1-10(2-5-12)17(20,21)22/h1-7H,8-9H2,(H,23,24). The highest BCUT2D eigenvalue weighted by molar-refractivity contribution is 9.10. The van der Waals surface area contributed by atoms with Crippen LogP contribution in [0.15, 0.2) is 46.9 Å². The molecule has 0 aliphatic rings. The van der Waals surface area contributed by atoms with Gasteiger partial charge in [0.2, 0.25) is 0 Å². The fourth-order valence-electron chi connectivity index (χ4n) is 1.86. The van der Waals surface area contributed by atoms with Crippen LogP contribution in [0, 0.1) is 5.82 Å². The molecule has 2 rings (SSSR count). The van der Waals surface area contributed by atoms with Crippen LogP contribution in [-0.4, -0.2) is 25.1 Å². The lowest BCUT2D eigenvalue weighted by Gasteiger charge is -2.10. The van der Waals surface area contributed by atoms with Crippen molar-refractivity contribution in [1.82, 2.24) is 0 Å². The number of hydrogen-bond donors (Lipinski definition) is 1. The minimum atomic E-state index is -4.47. The Morgan fingerprint density at radius 3 is 2.30 bits per heavy atom. The second kappa shape index (κ2) is 8.85. The Kier molecular flexibility index (Phi) is 6.78. The number of amides is 1. The maximum Gasteiger partial charge on any atom is 0.416 e. The number of anilines is 1. The number of halogens is 5. The molecule has 2 aromatic carbocycles. The monoisotopic (exact) mass is 449 g/mol. The van der Waals surface area contributed by atoms with Gasteiger partial charge in [-0.25, -0.2) is 9.18 Å². The predicted molar refractivity (Wildman–Crippen MR) is 90.6 cm³/mol. The summed E-state index contributed by atoms with van der Waals surface area (Å²) in [5.74, 6) is -1.86. The zero-order chi connectivity index (χ0) is 20.0. The number of alkyl halides is 3. The first-order valence-electron chi connectivity index (χ1n) is 7.36. The summed E-state index contributed by atoms with van der Waals surface area (Å²) in [6.07, 6.45) is -4.47. The molecule has 0 aromatic heterocycles. The fraction of sp³-hybridized carbons (Fsp3) is 0.176. The summed E-state index contributed by atoms with van der Waals surface area (Å²) in [5.41, 5.74) is -0.730. The molecule has 5 nitrogen and oxygen atoms in total. The van der Waals surface area contributed by atoms with Crippen molar-refractivity contribution in [3.8, 4) is 5.75 Å². The summed E-state index contributed by atoms with van der Waals surface area (Å²) in [6, 6.07) is 7.40. The molecule has 10 heteroatoms. The van der Waals surface area contributed by atoms with Gasteiger partial charge in [0.15, 0.2) is 13.2 Å². The van der Waals surface area contributed by atoms with Crippen LogP contribution in [0.3, 0.4) is 0 Å². The first kappa shape index (κ1) is 20.7. The number of benzene rings is 2. The van der Waals surface area contributed by atoms with E-state index in [1.165, 1.54) is 6.07 Å². The van der Waals surface area contributed by atoms with Gasteiger partial charge in [0.1, 0.15) is 11.6 Å². The number of ether oxygens (including phenoxy) is 2. The van der Waals surface area contributed by atoms with Gasteiger partial charge in [-0.2, -0.15) is 13.2 Å². The average Bonchev–Trinajstić information content (AvgIpc) is 2.59. The van der Waals surface area contributed by atoms with Gasteiger partial charge in [0.05, 0.1) is 10.0 Å². The van der Waals surface area contributed by atoms with Gasteiger partial charge in [-0.3, -0.25) is 4.79 Å². The number of rotatable bonds is 6. The summed E-state index contributed by atoms with van der Waals surface area (Å²) in [7, 11) is 0. The third-order valence-electron chi connectivity index (χ3n) is 3.10. The van der Waals surface area contributed by atoms with Crippen LogP contribution in [0.1, 0.15) is 5.56 Å². The molecule has 0 radical (unpaired) electrons. The summed E-state index contributed by atoms with van der Waals surface area (Å²) in [4.78, 5) is 23.2. The lowest BCUT2D eigenvalue weighted by Crippen LogP contribution is -2.23. The highest BCUT2D eigenvalue weighted by Gasteiger charge is 2.30. The number of nitrogens with one attached hydrogen (secondary N) is 1. The van der Waals surface area contributed by atoms with Crippen molar-refractivity contribution in [3.63, 3.8) is 0 Å². The molecule has 0 aliphatic carbocycles. The smallest absolute Gasteiger partial charge is 0.416 e. The van der Waals surface area contributed by atoms with Crippen molar-refractivity contribution >= 4 is 33.5 Å². The first-order chi connectivity index (χ1) is 12.6. The minimum absolute atomic E-state index is 0.121. The third kappa shape index (κ3) is 6.55. The molecule has 0 fully saturated rings. The van der Waals surface area contributed by atoms with Crippen LogP contribution in [0.4, 0.5) is 23.2 Å². The number of carbonyl (C=O) groups excluding carboxylic acids is 2. The maximum atomic E-state index is 12.9. The Morgan fingerprint density at radius 1 is 1.04 bits per heavy atom. The zero-order valence-electron chi connectivity index (χ0n) is 13.5. The van der Waals surface area contributed by atoms with E-state index in [0.717, 1.165) is 36.4 Å². The quantitative estimate of drug-likeness (QED) is 0.530. The van der Waals surface area contributed by atoms with Crippen LogP contribution in [0.25, 0.3) is 0 Å². The first-order valence-corrected chi connectivity index (χ1v) is 8.15. The third-order valence-corrected chi connectivity index (χ3v) is 3.72. The summed E-state index contributed by atoms with van der Waals surface area (Å²) in [6.45, 7) is -1.16. The molecule has 27 heavy (non-hydrogen) atoms. The highest BCUT2D eigenvalue weighted by Crippen LogP contribution is 2.29. The van der Waals surface area contributed by atoms with E-state index < -0.39 is 42.6 Å². The number of hydrogen-bond acceptors (Lipinski definition) is 4. The van der Waals surface area contributed by atoms with Crippen LogP contribution >= 0.6 is 15.9 Å². The molecule has 1 N–H and O–H groups in total. The molecule has 2 aromatic rings. The molecule has 1 amide bonds. The van der Waals surface area contributed by atoms with E-state index in [2.05, 4.69) is 21.2 Å². The van der Waals surface area contributed by atoms with Gasteiger partial charge in [0, 0.05) is 5.69 Å². The molecular weight excluding hydrogens is 438 g/mol. The van der Waals surface area contributed by atoms with E-state index in [-0.39, 0.29) is 11.4 Å². The Morgan fingerprint density at radius 2 is 1.70 bits per heavy atom. The molecular formula is C17H12BrF4NO4. The van der Waals surface area contributed by atoms with E-state index >= 15 is 0 Å². The lowest BCUT2D eigenvalue weighted by molar-refractivity contribution is -0.149. The molecule has 0 spiro atoms. The molecule has 144 valence electrons. The number of esters is 1. The van der Waals surface area contributed by atoms with Crippen molar-refractivity contribution in [2.45, 2.75) is 6.18 Å². The van der Waals surface area contributed by atoms with Crippen molar-refractivity contribution in [1.29, 1.82) is 0 Å². The second-order valence-electron chi connectivity index (χ2n) is 5.15. The molecule has 0 heterocycles. The second-order valence-corrected chi connectivity index (χ2v) is 6.00. The molecule has 0 unspecified atom stereocenters. The zero-order valence-corrected chi connectivity index (χ0v) is 15.1. The summed E-state index contributed by atoms with van der Waals surface area (Å²) in [5, 5.41) is 2.29. The van der Waals surface area contributed by atoms with E-state index in [1.807, 2.05) is 0 Å². The van der Waals surface area contributed by atoms with Crippen LogP contribution in [0.2, 0.25) is 0 Å². The van der Waals surface area contributed by atoms with Gasteiger partial charge in [-0.15, -0.1) is 0 Å². The fourth-order valence-corrected chi connectivity index (χ4v) is 2.32. The van der Waals surface area contributed by atoms with E-state index in [4.69, 9.17) is 9.47 Å². The molecule has 0 saturated heterocycles. The van der Waals surface area contributed by atoms with Crippen LogP contribution < -0.4 is 10.1 Å². The maximum absolute atomic E-state index is 12.9.